The highest BCUT2D eigenvalue weighted by molar-refractivity contribution is 6.11. The van der Waals surface area contributed by atoms with Crippen LogP contribution in [-0.4, -0.2) is 33.1 Å². The molecule has 7 nitrogen and oxygen atoms in total. The van der Waals surface area contributed by atoms with Crippen molar-refractivity contribution >= 4 is 33.7 Å². The number of allylic oxidation sites excluding steroid dienone is 2. The van der Waals surface area contributed by atoms with Gasteiger partial charge in [0, 0.05) is 29.2 Å². The molecule has 0 saturated heterocycles. The van der Waals surface area contributed by atoms with Crippen LogP contribution >= 0.6 is 0 Å². The van der Waals surface area contributed by atoms with Gasteiger partial charge in [0.25, 0.3) is 0 Å². The predicted molar refractivity (Wildman–Crippen MR) is 94.9 cm³/mol. The number of nitrogens with one attached hydrogen (secondary N) is 1. The Morgan fingerprint density at radius 3 is 2.75 bits per heavy atom. The Morgan fingerprint density at radius 2 is 2.08 bits per heavy atom. The fraction of sp³-hybridized carbons (Fsp3) is 0.176. The largest absolute Gasteiger partial charge is 0.402 e. The molecule has 0 bridgehead atoms. The van der Waals surface area contributed by atoms with Crippen LogP contribution in [0.1, 0.15) is 29.9 Å². The van der Waals surface area contributed by atoms with Crippen LogP contribution in [0.15, 0.2) is 41.2 Å². The second kappa shape index (κ2) is 6.11. The number of hydrogen-bond donors (Lipinski definition) is 3. The molecule has 0 aliphatic heterocycles. The van der Waals surface area contributed by atoms with Crippen LogP contribution in [0.3, 0.4) is 0 Å². The Balaban J connectivity index is 2.18. The molecule has 0 fully saturated rings. The van der Waals surface area contributed by atoms with E-state index in [1.807, 2.05) is 26.0 Å². The molecular formula is C17H18N6O. The van der Waals surface area contributed by atoms with Crippen molar-refractivity contribution in [2.24, 2.45) is 16.5 Å². The minimum absolute atomic E-state index is 0.363. The molecule has 24 heavy (non-hydrogen) atoms. The van der Waals surface area contributed by atoms with Crippen LogP contribution in [0.4, 0.5) is 0 Å². The van der Waals surface area contributed by atoms with Gasteiger partial charge in [0.1, 0.15) is 11.3 Å². The fourth-order valence-electron chi connectivity index (χ4n) is 2.52. The molecule has 5 N–H and O–H groups in total. The lowest BCUT2D eigenvalue weighted by atomic mass is 10.1. The van der Waals surface area contributed by atoms with Crippen LogP contribution in [0, 0.1) is 0 Å². The van der Waals surface area contributed by atoms with Crippen LogP contribution in [-0.2, 0) is 0 Å². The molecule has 0 aliphatic carbocycles. The summed E-state index contributed by atoms with van der Waals surface area (Å²) in [5.74, 6) is -0.510. The number of fused-ring (bicyclic) bond motifs is 3. The van der Waals surface area contributed by atoms with E-state index in [4.69, 9.17) is 11.5 Å². The second-order valence-corrected chi connectivity index (χ2v) is 5.45. The maximum Gasteiger partial charge on any atom is 0.250 e. The van der Waals surface area contributed by atoms with Gasteiger partial charge in [-0.1, -0.05) is 0 Å². The third-order valence-electron chi connectivity index (χ3n) is 3.55. The van der Waals surface area contributed by atoms with Gasteiger partial charge in [0.05, 0.1) is 17.0 Å². The van der Waals surface area contributed by atoms with Gasteiger partial charge < -0.3 is 16.5 Å². The molecular weight excluding hydrogens is 304 g/mol. The Labute approximate surface area is 138 Å². The van der Waals surface area contributed by atoms with Gasteiger partial charge in [0.15, 0.2) is 0 Å². The van der Waals surface area contributed by atoms with E-state index in [1.54, 1.807) is 12.1 Å². The van der Waals surface area contributed by atoms with Crippen LogP contribution in [0.2, 0.25) is 0 Å². The highest BCUT2D eigenvalue weighted by Gasteiger charge is 2.11. The molecule has 3 aromatic rings. The van der Waals surface area contributed by atoms with Gasteiger partial charge >= 0.3 is 0 Å². The summed E-state index contributed by atoms with van der Waals surface area (Å²) in [6.45, 7) is 4.40. The Bertz CT molecular complexity index is 995. The number of aliphatic imine (C=N–C) groups is 1. The van der Waals surface area contributed by atoms with Crippen molar-refractivity contribution in [3.05, 3.63) is 47.4 Å². The zero-order valence-electron chi connectivity index (χ0n) is 13.5. The summed E-state index contributed by atoms with van der Waals surface area (Å²) in [6.07, 6.45) is 3.25. The number of H-pyrrole nitrogens is 1. The van der Waals surface area contributed by atoms with Crippen molar-refractivity contribution in [2.45, 2.75) is 13.8 Å². The maximum atomic E-state index is 11.3. The number of hydrogen-bond acceptors (Lipinski definition) is 5. The van der Waals surface area contributed by atoms with Crippen molar-refractivity contribution in [2.75, 3.05) is 6.54 Å². The lowest BCUT2D eigenvalue weighted by molar-refractivity contribution is 0.1000. The lowest BCUT2D eigenvalue weighted by Crippen LogP contribution is -2.10. The SMILES string of the molecule is CCN=C(/C=C(/C)N)c1ccc2c(n1)[nH]c1ncc(C(N)=O)cc12. The molecule has 0 aliphatic rings. The zero-order chi connectivity index (χ0) is 17.3. The van der Waals surface area contributed by atoms with E-state index >= 15 is 0 Å². The average Bonchev–Trinajstić information content (AvgIpc) is 2.90. The summed E-state index contributed by atoms with van der Waals surface area (Å²) in [7, 11) is 0. The number of carbonyl (C=O) groups excluding carboxylic acids is 1. The minimum Gasteiger partial charge on any atom is -0.402 e. The van der Waals surface area contributed by atoms with E-state index in [2.05, 4.69) is 19.9 Å². The van der Waals surface area contributed by atoms with E-state index in [1.165, 1.54) is 6.20 Å². The molecule has 7 heteroatoms. The summed E-state index contributed by atoms with van der Waals surface area (Å²) >= 11 is 0. The van der Waals surface area contributed by atoms with Crippen molar-refractivity contribution in [1.29, 1.82) is 0 Å². The van der Waals surface area contributed by atoms with E-state index < -0.39 is 5.91 Å². The summed E-state index contributed by atoms with van der Waals surface area (Å²) in [5.41, 5.74) is 14.9. The minimum atomic E-state index is -0.510. The number of carbonyl (C=O) groups is 1. The van der Waals surface area contributed by atoms with E-state index in [0.717, 1.165) is 22.2 Å². The number of aromatic nitrogens is 3. The maximum absolute atomic E-state index is 11.3. The highest BCUT2D eigenvalue weighted by Crippen LogP contribution is 2.24. The number of rotatable bonds is 4. The van der Waals surface area contributed by atoms with Gasteiger partial charge in [-0.2, -0.15) is 0 Å². The van der Waals surface area contributed by atoms with Gasteiger partial charge in [-0.25, -0.2) is 9.97 Å². The smallest absolute Gasteiger partial charge is 0.250 e. The van der Waals surface area contributed by atoms with Gasteiger partial charge in [-0.05, 0) is 38.1 Å². The average molecular weight is 322 g/mol. The van der Waals surface area contributed by atoms with Gasteiger partial charge in [-0.15, -0.1) is 0 Å². The van der Waals surface area contributed by atoms with E-state index in [9.17, 15) is 4.79 Å². The third kappa shape index (κ3) is 2.83. The first-order valence-electron chi connectivity index (χ1n) is 7.56. The number of primary amides is 1. The Morgan fingerprint density at radius 1 is 1.29 bits per heavy atom. The first kappa shape index (κ1) is 15.7. The number of aromatic amines is 1. The molecule has 0 saturated carbocycles. The predicted octanol–water partition coefficient (Wildman–Crippen LogP) is 1.88. The molecule has 122 valence electrons. The summed E-state index contributed by atoms with van der Waals surface area (Å²) < 4.78 is 0. The zero-order valence-corrected chi connectivity index (χ0v) is 13.5. The second-order valence-electron chi connectivity index (χ2n) is 5.45. The molecule has 0 radical (unpaired) electrons. The number of pyridine rings is 2. The van der Waals surface area contributed by atoms with Crippen molar-refractivity contribution < 1.29 is 4.79 Å². The third-order valence-corrected chi connectivity index (χ3v) is 3.55. The van der Waals surface area contributed by atoms with E-state index in [-0.39, 0.29) is 0 Å². The Kier molecular flexibility index (Phi) is 3.99. The first-order chi connectivity index (χ1) is 11.5. The standard InChI is InChI=1S/C17H18N6O/c1-3-20-14(6-9(2)18)13-5-4-11-12-7-10(15(19)24)8-21-16(12)23-17(11)22-13/h4-8H,3,18H2,1-2H3,(H2,19,24)(H,21,22,23)/b9-6-,20-14?. The molecule has 0 atom stereocenters. The molecule has 0 aromatic carbocycles. The normalized spacial score (nSPS) is 12.9. The quantitative estimate of drug-likeness (QED) is 0.634. The van der Waals surface area contributed by atoms with Crippen molar-refractivity contribution in [1.82, 2.24) is 15.0 Å². The number of nitrogens with zero attached hydrogens (tertiary/aromatic N) is 3. The van der Waals surface area contributed by atoms with Gasteiger partial charge in [-0.3, -0.25) is 9.79 Å². The Hall–Kier alpha value is -3.22. The number of amides is 1. The first-order valence-corrected chi connectivity index (χ1v) is 7.56. The number of nitrogens with two attached hydrogens (primary N) is 2. The molecule has 1 amide bonds. The fourth-order valence-corrected chi connectivity index (χ4v) is 2.52. The van der Waals surface area contributed by atoms with Crippen molar-refractivity contribution in [3.63, 3.8) is 0 Å². The van der Waals surface area contributed by atoms with Crippen LogP contribution in [0.5, 0.6) is 0 Å². The van der Waals surface area contributed by atoms with Crippen molar-refractivity contribution in [3.8, 4) is 0 Å². The summed E-state index contributed by atoms with van der Waals surface area (Å²) in [6, 6.07) is 5.52. The van der Waals surface area contributed by atoms with E-state index in [0.29, 0.717) is 29.1 Å². The molecule has 3 rings (SSSR count). The summed E-state index contributed by atoms with van der Waals surface area (Å²) in [4.78, 5) is 27.8. The summed E-state index contributed by atoms with van der Waals surface area (Å²) in [5, 5.41) is 1.67. The lowest BCUT2D eigenvalue weighted by Gasteiger charge is -2.02. The molecule has 3 heterocycles. The topological polar surface area (TPSA) is 123 Å². The molecule has 3 aromatic heterocycles. The van der Waals surface area contributed by atoms with Crippen LogP contribution in [0.25, 0.3) is 22.1 Å². The van der Waals surface area contributed by atoms with Crippen LogP contribution < -0.4 is 11.5 Å². The molecule has 0 spiro atoms. The highest BCUT2D eigenvalue weighted by atomic mass is 16.1. The molecule has 0 unspecified atom stereocenters. The van der Waals surface area contributed by atoms with Gasteiger partial charge in [0.2, 0.25) is 5.91 Å². The monoisotopic (exact) mass is 322 g/mol.